The predicted octanol–water partition coefficient (Wildman–Crippen LogP) is 2.38. The van der Waals surface area contributed by atoms with E-state index in [-0.39, 0.29) is 18.7 Å². The Bertz CT molecular complexity index is 515. The summed E-state index contributed by atoms with van der Waals surface area (Å²) in [5.74, 6) is -1.44. The third kappa shape index (κ3) is 4.34. The van der Waals surface area contributed by atoms with Crippen molar-refractivity contribution in [3.8, 4) is 6.07 Å². The highest BCUT2D eigenvalue weighted by atomic mass is 19.1. The van der Waals surface area contributed by atoms with Crippen LogP contribution < -0.4 is 0 Å². The van der Waals surface area contributed by atoms with Gasteiger partial charge in [-0.2, -0.15) is 5.26 Å². The van der Waals surface area contributed by atoms with Crippen molar-refractivity contribution >= 4 is 5.97 Å². The first-order valence-corrected chi connectivity index (χ1v) is 5.89. The summed E-state index contributed by atoms with van der Waals surface area (Å²) < 4.78 is 13.8. The van der Waals surface area contributed by atoms with Crippen LogP contribution >= 0.6 is 0 Å². The van der Waals surface area contributed by atoms with Gasteiger partial charge >= 0.3 is 5.97 Å². The van der Waals surface area contributed by atoms with Gasteiger partial charge in [0.2, 0.25) is 0 Å². The fourth-order valence-corrected chi connectivity index (χ4v) is 1.64. The second kappa shape index (κ2) is 5.81. The number of hydrogen-bond acceptors (Lipinski definition) is 3. The minimum absolute atomic E-state index is 0.164. The Hall–Kier alpha value is -1.93. The summed E-state index contributed by atoms with van der Waals surface area (Å²) >= 11 is 0. The van der Waals surface area contributed by atoms with Gasteiger partial charge in [-0.3, -0.25) is 9.69 Å². The van der Waals surface area contributed by atoms with Crippen LogP contribution in [0.15, 0.2) is 18.2 Å². The quantitative estimate of drug-likeness (QED) is 0.906. The van der Waals surface area contributed by atoms with Crippen LogP contribution in [-0.4, -0.2) is 28.1 Å². The van der Waals surface area contributed by atoms with Gasteiger partial charge in [0.15, 0.2) is 0 Å². The zero-order valence-corrected chi connectivity index (χ0v) is 11.3. The second-order valence-electron chi connectivity index (χ2n) is 5.34. The molecule has 0 bridgehead atoms. The van der Waals surface area contributed by atoms with Crippen LogP contribution in [0, 0.1) is 17.1 Å². The predicted molar refractivity (Wildman–Crippen MR) is 68.9 cm³/mol. The lowest BCUT2D eigenvalue weighted by molar-refractivity contribution is -0.139. The number of nitriles is 1. The number of aliphatic carboxylic acids is 1. The molecule has 0 aliphatic heterocycles. The minimum atomic E-state index is -0.955. The summed E-state index contributed by atoms with van der Waals surface area (Å²) in [6.45, 7) is 5.64. The Labute approximate surface area is 112 Å². The largest absolute Gasteiger partial charge is 0.480 e. The van der Waals surface area contributed by atoms with E-state index < -0.39 is 17.3 Å². The molecule has 0 aliphatic rings. The van der Waals surface area contributed by atoms with Gasteiger partial charge in [0.25, 0.3) is 0 Å². The average molecular weight is 264 g/mol. The van der Waals surface area contributed by atoms with E-state index in [4.69, 9.17) is 10.4 Å². The van der Waals surface area contributed by atoms with Crippen LogP contribution in [0.25, 0.3) is 0 Å². The van der Waals surface area contributed by atoms with E-state index in [0.717, 1.165) is 6.07 Å². The topological polar surface area (TPSA) is 64.3 Å². The SMILES string of the molecule is CC(C)(C)N(CC(=O)O)Cc1ccc(C#N)cc1F. The van der Waals surface area contributed by atoms with Crippen molar-refractivity contribution in [3.05, 3.63) is 35.1 Å². The molecule has 1 aromatic rings. The smallest absolute Gasteiger partial charge is 0.317 e. The molecule has 1 N–H and O–H groups in total. The minimum Gasteiger partial charge on any atom is -0.480 e. The van der Waals surface area contributed by atoms with Crippen LogP contribution in [0.4, 0.5) is 4.39 Å². The van der Waals surface area contributed by atoms with E-state index in [9.17, 15) is 9.18 Å². The van der Waals surface area contributed by atoms with Gasteiger partial charge in [-0.05, 0) is 32.9 Å². The standard InChI is InChI=1S/C14H17FN2O2/c1-14(2,3)17(9-13(18)19)8-11-5-4-10(7-16)6-12(11)15/h4-6H,8-9H2,1-3H3,(H,18,19). The van der Waals surface area contributed by atoms with Crippen molar-refractivity contribution in [3.63, 3.8) is 0 Å². The van der Waals surface area contributed by atoms with Crippen molar-refractivity contribution < 1.29 is 14.3 Å². The number of carbonyl (C=O) groups is 1. The molecule has 102 valence electrons. The molecule has 1 rings (SSSR count). The Morgan fingerprint density at radius 2 is 2.11 bits per heavy atom. The van der Waals surface area contributed by atoms with Gasteiger partial charge in [0, 0.05) is 17.6 Å². The summed E-state index contributed by atoms with van der Waals surface area (Å²) in [6.07, 6.45) is 0. The lowest BCUT2D eigenvalue weighted by Crippen LogP contribution is -2.44. The maximum absolute atomic E-state index is 13.8. The fourth-order valence-electron chi connectivity index (χ4n) is 1.64. The number of carboxylic acid groups (broad SMARTS) is 1. The number of rotatable bonds is 4. The fraction of sp³-hybridized carbons (Fsp3) is 0.429. The monoisotopic (exact) mass is 264 g/mol. The van der Waals surface area contributed by atoms with Gasteiger partial charge in [-0.25, -0.2) is 4.39 Å². The highest BCUT2D eigenvalue weighted by Gasteiger charge is 2.24. The maximum Gasteiger partial charge on any atom is 0.317 e. The van der Waals surface area contributed by atoms with Gasteiger partial charge in [0.05, 0.1) is 18.2 Å². The molecule has 0 radical (unpaired) electrons. The lowest BCUT2D eigenvalue weighted by Gasteiger charge is -2.34. The van der Waals surface area contributed by atoms with Crippen molar-refractivity contribution in [1.82, 2.24) is 4.90 Å². The first kappa shape index (κ1) is 15.1. The van der Waals surface area contributed by atoms with Gasteiger partial charge in [0.1, 0.15) is 5.82 Å². The third-order valence-electron chi connectivity index (χ3n) is 2.82. The van der Waals surface area contributed by atoms with Crippen LogP contribution in [0.2, 0.25) is 0 Å². The zero-order valence-electron chi connectivity index (χ0n) is 11.3. The molecule has 0 fully saturated rings. The first-order chi connectivity index (χ1) is 8.74. The normalized spacial score (nSPS) is 11.4. The number of benzene rings is 1. The average Bonchev–Trinajstić information content (AvgIpc) is 2.28. The number of nitrogens with zero attached hydrogens (tertiary/aromatic N) is 2. The molecule has 19 heavy (non-hydrogen) atoms. The van der Waals surface area contributed by atoms with Crippen LogP contribution in [0.5, 0.6) is 0 Å². The van der Waals surface area contributed by atoms with Gasteiger partial charge in [-0.15, -0.1) is 0 Å². The Balaban J connectivity index is 2.97. The van der Waals surface area contributed by atoms with Crippen molar-refractivity contribution in [2.24, 2.45) is 0 Å². The molecule has 0 unspecified atom stereocenters. The molecule has 0 aliphatic carbocycles. The molecule has 0 atom stereocenters. The Kier molecular flexibility index (Phi) is 4.62. The first-order valence-electron chi connectivity index (χ1n) is 5.89. The maximum atomic E-state index is 13.8. The van der Waals surface area contributed by atoms with E-state index in [2.05, 4.69) is 0 Å². The molecule has 1 aromatic carbocycles. The van der Waals surface area contributed by atoms with Crippen molar-refractivity contribution in [1.29, 1.82) is 5.26 Å². The summed E-state index contributed by atoms with van der Waals surface area (Å²) in [7, 11) is 0. The second-order valence-corrected chi connectivity index (χ2v) is 5.34. The summed E-state index contributed by atoms with van der Waals surface area (Å²) in [6, 6.07) is 6.08. The van der Waals surface area contributed by atoms with Gasteiger partial charge in [-0.1, -0.05) is 6.07 Å². The molecule has 5 heteroatoms. The molecule has 0 amide bonds. The number of halogens is 1. The molecule has 0 heterocycles. The lowest BCUT2D eigenvalue weighted by atomic mass is 10.0. The van der Waals surface area contributed by atoms with E-state index >= 15 is 0 Å². The van der Waals surface area contributed by atoms with Gasteiger partial charge < -0.3 is 5.11 Å². The molecule has 0 saturated heterocycles. The van der Waals surface area contributed by atoms with Crippen LogP contribution in [0.1, 0.15) is 31.9 Å². The highest BCUT2D eigenvalue weighted by molar-refractivity contribution is 5.69. The highest BCUT2D eigenvalue weighted by Crippen LogP contribution is 2.19. The molecule has 0 saturated carbocycles. The van der Waals surface area contributed by atoms with E-state index in [1.54, 1.807) is 4.90 Å². The Morgan fingerprint density at radius 3 is 2.53 bits per heavy atom. The summed E-state index contributed by atoms with van der Waals surface area (Å²) in [5, 5.41) is 17.6. The van der Waals surface area contributed by atoms with Crippen LogP contribution in [-0.2, 0) is 11.3 Å². The summed E-state index contributed by atoms with van der Waals surface area (Å²) in [4.78, 5) is 12.5. The number of hydrogen-bond donors (Lipinski definition) is 1. The third-order valence-corrected chi connectivity index (χ3v) is 2.82. The van der Waals surface area contributed by atoms with Crippen LogP contribution in [0.3, 0.4) is 0 Å². The van der Waals surface area contributed by atoms with E-state index in [1.165, 1.54) is 12.1 Å². The Morgan fingerprint density at radius 1 is 1.47 bits per heavy atom. The van der Waals surface area contributed by atoms with Crippen molar-refractivity contribution in [2.45, 2.75) is 32.9 Å². The van der Waals surface area contributed by atoms with Crippen molar-refractivity contribution in [2.75, 3.05) is 6.54 Å². The molecule has 0 spiro atoms. The zero-order chi connectivity index (χ0) is 14.6. The molecular formula is C14H17FN2O2. The van der Waals surface area contributed by atoms with E-state index in [0.29, 0.717) is 5.56 Å². The molecule has 0 aromatic heterocycles. The number of carboxylic acids is 1. The van der Waals surface area contributed by atoms with E-state index in [1.807, 2.05) is 26.8 Å². The molecular weight excluding hydrogens is 247 g/mol. The molecule has 4 nitrogen and oxygen atoms in total. The summed E-state index contributed by atoms with van der Waals surface area (Å²) in [5.41, 5.74) is 0.246.